The molecule has 5 heteroatoms. The Morgan fingerprint density at radius 3 is 2.50 bits per heavy atom. The van der Waals surface area contributed by atoms with Gasteiger partial charge in [-0.15, -0.1) is 0 Å². The second kappa shape index (κ2) is 7.07. The van der Waals surface area contributed by atoms with Crippen LogP contribution in [0, 0.1) is 11.3 Å². The largest absolute Gasteiger partial charge is 0.481 e. The molecule has 0 aromatic heterocycles. The lowest BCUT2D eigenvalue weighted by Gasteiger charge is -2.43. The van der Waals surface area contributed by atoms with Crippen molar-refractivity contribution in [3.05, 3.63) is 0 Å². The van der Waals surface area contributed by atoms with Crippen molar-refractivity contribution < 1.29 is 9.90 Å². The summed E-state index contributed by atoms with van der Waals surface area (Å²) in [6.07, 6.45) is 5.45. The molecule has 0 heterocycles. The van der Waals surface area contributed by atoms with E-state index >= 15 is 0 Å². The van der Waals surface area contributed by atoms with Crippen LogP contribution in [0.1, 0.15) is 44.9 Å². The standard InChI is InChI=1S/C13H27N3O2/c14-7-1-3-10-9-11(16)4-6-13(10,12(17)18)5-2-8-15/h10-11H,1-9,14-16H2,(H,17,18). The Bertz CT molecular complexity index is 269. The SMILES string of the molecule is NCCCC1CC(N)CCC1(CCCN)C(=O)O. The molecule has 0 saturated heterocycles. The van der Waals surface area contributed by atoms with E-state index in [-0.39, 0.29) is 12.0 Å². The van der Waals surface area contributed by atoms with Gasteiger partial charge >= 0.3 is 5.97 Å². The number of carbonyl (C=O) groups is 1. The summed E-state index contributed by atoms with van der Waals surface area (Å²) in [5.74, 6) is -0.529. The first-order valence-corrected chi connectivity index (χ1v) is 6.96. The van der Waals surface area contributed by atoms with Crippen LogP contribution in [0.15, 0.2) is 0 Å². The Morgan fingerprint density at radius 2 is 1.94 bits per heavy atom. The number of carboxylic acids is 1. The van der Waals surface area contributed by atoms with Gasteiger partial charge in [0.15, 0.2) is 0 Å². The maximum Gasteiger partial charge on any atom is 0.309 e. The molecular weight excluding hydrogens is 230 g/mol. The van der Waals surface area contributed by atoms with Crippen molar-refractivity contribution in [3.8, 4) is 0 Å². The van der Waals surface area contributed by atoms with Crippen LogP contribution in [0.4, 0.5) is 0 Å². The molecule has 7 N–H and O–H groups in total. The number of hydrogen-bond donors (Lipinski definition) is 4. The quantitative estimate of drug-likeness (QED) is 0.535. The molecule has 1 aliphatic carbocycles. The average Bonchev–Trinajstić information content (AvgIpc) is 2.35. The fourth-order valence-electron chi connectivity index (χ4n) is 3.25. The molecule has 0 aromatic rings. The summed E-state index contributed by atoms with van der Waals surface area (Å²) in [7, 11) is 0. The van der Waals surface area contributed by atoms with Crippen molar-refractivity contribution in [2.24, 2.45) is 28.5 Å². The minimum atomic E-state index is -0.676. The molecular formula is C13H27N3O2. The number of nitrogens with two attached hydrogens (primary N) is 3. The number of rotatable bonds is 7. The van der Waals surface area contributed by atoms with Gasteiger partial charge in [-0.3, -0.25) is 4.79 Å². The summed E-state index contributed by atoms with van der Waals surface area (Å²) in [4.78, 5) is 11.7. The Hall–Kier alpha value is -0.650. The van der Waals surface area contributed by atoms with Gasteiger partial charge in [-0.05, 0) is 64.0 Å². The van der Waals surface area contributed by atoms with Crippen LogP contribution in [0.2, 0.25) is 0 Å². The lowest BCUT2D eigenvalue weighted by molar-refractivity contribution is -0.156. The predicted octanol–water partition coefficient (Wildman–Crippen LogP) is 0.663. The zero-order valence-electron chi connectivity index (χ0n) is 11.1. The first-order valence-electron chi connectivity index (χ1n) is 6.96. The van der Waals surface area contributed by atoms with Crippen LogP contribution in [0.25, 0.3) is 0 Å². The molecule has 0 amide bonds. The van der Waals surface area contributed by atoms with E-state index in [1.54, 1.807) is 0 Å². The lowest BCUT2D eigenvalue weighted by atomic mass is 9.61. The zero-order chi connectivity index (χ0) is 13.6. The summed E-state index contributed by atoms with van der Waals surface area (Å²) in [5, 5.41) is 9.66. The Labute approximate surface area is 109 Å². The van der Waals surface area contributed by atoms with E-state index in [0.717, 1.165) is 32.1 Å². The minimum Gasteiger partial charge on any atom is -0.481 e. The highest BCUT2D eigenvalue weighted by Gasteiger charge is 2.47. The third kappa shape index (κ3) is 3.43. The summed E-state index contributed by atoms with van der Waals surface area (Å²) in [6.45, 7) is 1.16. The molecule has 1 fully saturated rings. The van der Waals surface area contributed by atoms with Gasteiger partial charge < -0.3 is 22.3 Å². The fourth-order valence-corrected chi connectivity index (χ4v) is 3.25. The van der Waals surface area contributed by atoms with Crippen LogP contribution >= 0.6 is 0 Å². The summed E-state index contributed by atoms with van der Waals surface area (Å²) < 4.78 is 0. The van der Waals surface area contributed by atoms with Crippen LogP contribution in [-0.2, 0) is 4.79 Å². The fraction of sp³-hybridized carbons (Fsp3) is 0.923. The molecule has 0 aliphatic heterocycles. The minimum absolute atomic E-state index is 0.137. The van der Waals surface area contributed by atoms with Gasteiger partial charge in [0.25, 0.3) is 0 Å². The highest BCUT2D eigenvalue weighted by molar-refractivity contribution is 5.75. The Balaban J connectivity index is 2.83. The normalized spacial score (nSPS) is 32.4. The molecule has 3 unspecified atom stereocenters. The topological polar surface area (TPSA) is 115 Å². The average molecular weight is 257 g/mol. The number of carboxylic acid groups (broad SMARTS) is 1. The third-order valence-corrected chi connectivity index (χ3v) is 4.34. The molecule has 0 bridgehead atoms. The Kier molecular flexibility index (Phi) is 6.05. The Morgan fingerprint density at radius 1 is 1.28 bits per heavy atom. The molecule has 1 rings (SSSR count). The van der Waals surface area contributed by atoms with Crippen LogP contribution in [0.3, 0.4) is 0 Å². The van der Waals surface area contributed by atoms with E-state index in [2.05, 4.69) is 0 Å². The van der Waals surface area contributed by atoms with Crippen LogP contribution in [-0.4, -0.2) is 30.2 Å². The first kappa shape index (κ1) is 15.4. The smallest absolute Gasteiger partial charge is 0.309 e. The maximum atomic E-state index is 11.7. The summed E-state index contributed by atoms with van der Waals surface area (Å²) >= 11 is 0. The van der Waals surface area contributed by atoms with E-state index in [9.17, 15) is 9.90 Å². The van der Waals surface area contributed by atoms with Gasteiger partial charge in [-0.2, -0.15) is 0 Å². The van der Waals surface area contributed by atoms with Gasteiger partial charge in [0.05, 0.1) is 5.41 Å². The van der Waals surface area contributed by atoms with E-state index < -0.39 is 11.4 Å². The monoisotopic (exact) mass is 257 g/mol. The van der Waals surface area contributed by atoms with Gasteiger partial charge in [-0.25, -0.2) is 0 Å². The van der Waals surface area contributed by atoms with Crippen molar-refractivity contribution >= 4 is 5.97 Å². The van der Waals surface area contributed by atoms with Crippen molar-refractivity contribution in [1.29, 1.82) is 0 Å². The van der Waals surface area contributed by atoms with E-state index in [1.165, 1.54) is 0 Å². The molecule has 0 aromatic carbocycles. The maximum absolute atomic E-state index is 11.7. The summed E-state index contributed by atoms with van der Waals surface area (Å²) in [6, 6.07) is 0.137. The van der Waals surface area contributed by atoms with Crippen molar-refractivity contribution in [2.75, 3.05) is 13.1 Å². The molecule has 1 saturated carbocycles. The predicted molar refractivity (Wildman–Crippen MR) is 72.0 cm³/mol. The zero-order valence-corrected chi connectivity index (χ0v) is 11.1. The highest BCUT2D eigenvalue weighted by Crippen LogP contribution is 2.46. The second-order valence-electron chi connectivity index (χ2n) is 5.52. The van der Waals surface area contributed by atoms with Crippen LogP contribution in [0.5, 0.6) is 0 Å². The van der Waals surface area contributed by atoms with Crippen molar-refractivity contribution in [3.63, 3.8) is 0 Å². The van der Waals surface area contributed by atoms with E-state index in [0.29, 0.717) is 25.9 Å². The van der Waals surface area contributed by atoms with E-state index in [4.69, 9.17) is 17.2 Å². The lowest BCUT2D eigenvalue weighted by Crippen LogP contribution is -2.47. The number of hydrogen-bond acceptors (Lipinski definition) is 4. The van der Waals surface area contributed by atoms with Crippen molar-refractivity contribution in [2.45, 2.75) is 51.0 Å². The van der Waals surface area contributed by atoms with Crippen molar-refractivity contribution in [1.82, 2.24) is 0 Å². The molecule has 0 spiro atoms. The van der Waals surface area contributed by atoms with E-state index in [1.807, 2.05) is 0 Å². The molecule has 1 aliphatic rings. The van der Waals surface area contributed by atoms with Crippen LogP contribution < -0.4 is 17.2 Å². The van der Waals surface area contributed by atoms with Gasteiger partial charge in [0, 0.05) is 6.04 Å². The molecule has 3 atom stereocenters. The molecule has 0 radical (unpaired) electrons. The molecule has 5 nitrogen and oxygen atoms in total. The number of aliphatic carboxylic acids is 1. The summed E-state index contributed by atoms with van der Waals surface area (Å²) in [5.41, 5.74) is 16.5. The molecule has 106 valence electrons. The van der Waals surface area contributed by atoms with Gasteiger partial charge in [0.2, 0.25) is 0 Å². The van der Waals surface area contributed by atoms with Gasteiger partial charge in [0.1, 0.15) is 0 Å². The third-order valence-electron chi connectivity index (χ3n) is 4.34. The highest BCUT2D eigenvalue weighted by atomic mass is 16.4. The first-order chi connectivity index (χ1) is 8.56. The van der Waals surface area contributed by atoms with Gasteiger partial charge in [-0.1, -0.05) is 0 Å². The second-order valence-corrected chi connectivity index (χ2v) is 5.52. The molecule has 18 heavy (non-hydrogen) atoms.